The zero-order chi connectivity index (χ0) is 24.5. The molecule has 2 N–H and O–H groups in total. The zero-order valence-electron chi connectivity index (χ0n) is 19.1. The fourth-order valence-electron chi connectivity index (χ4n) is 4.30. The van der Waals surface area contributed by atoms with E-state index in [0.717, 1.165) is 27.5 Å². The maximum absolute atomic E-state index is 13.2. The van der Waals surface area contributed by atoms with Crippen LogP contribution in [0.3, 0.4) is 0 Å². The Labute approximate surface area is 205 Å². The second kappa shape index (κ2) is 8.92. The van der Waals surface area contributed by atoms with E-state index in [1.54, 1.807) is 16.9 Å². The van der Waals surface area contributed by atoms with E-state index in [4.69, 9.17) is 0 Å². The van der Waals surface area contributed by atoms with Crippen LogP contribution in [0.25, 0.3) is 32.9 Å². The Balaban J connectivity index is 1.28. The molecule has 0 aliphatic heterocycles. The molecule has 36 heavy (non-hydrogen) atoms. The summed E-state index contributed by atoms with van der Waals surface area (Å²) >= 11 is 0. The standard InChI is InChI=1S/C28H20N6O2/c35-27-22-9-2-1-8-21(22)25(31-32-27)18-12-14-19(15-13-18)30-28(36)26-23-10-3-4-11-24(23)34(33-26)17-20-7-5-6-16-29-20/h1-16H,17H2,(H,30,36)(H,32,35). The summed E-state index contributed by atoms with van der Waals surface area (Å²) in [7, 11) is 0. The third-order valence-corrected chi connectivity index (χ3v) is 6.02. The number of hydrogen-bond donors (Lipinski definition) is 2. The number of benzene rings is 3. The van der Waals surface area contributed by atoms with E-state index in [2.05, 4.69) is 25.6 Å². The molecule has 0 aliphatic carbocycles. The lowest BCUT2D eigenvalue weighted by atomic mass is 10.0. The molecule has 6 aromatic rings. The summed E-state index contributed by atoms with van der Waals surface area (Å²) in [5, 5.41) is 16.5. The Morgan fingerprint density at radius 3 is 2.33 bits per heavy atom. The Morgan fingerprint density at radius 1 is 0.833 bits per heavy atom. The predicted molar refractivity (Wildman–Crippen MR) is 139 cm³/mol. The fraction of sp³-hybridized carbons (Fsp3) is 0.0357. The van der Waals surface area contributed by atoms with E-state index < -0.39 is 0 Å². The number of hydrogen-bond acceptors (Lipinski definition) is 5. The average molecular weight is 473 g/mol. The molecular formula is C28H20N6O2. The first-order chi connectivity index (χ1) is 17.7. The smallest absolute Gasteiger partial charge is 0.276 e. The van der Waals surface area contributed by atoms with Crippen LogP contribution in [-0.4, -0.2) is 30.9 Å². The van der Waals surface area contributed by atoms with Gasteiger partial charge in [-0.05, 0) is 36.4 Å². The Kier molecular flexibility index (Phi) is 5.31. The minimum absolute atomic E-state index is 0.229. The van der Waals surface area contributed by atoms with Crippen molar-refractivity contribution in [2.45, 2.75) is 6.54 Å². The molecule has 3 aromatic heterocycles. The molecule has 0 atom stereocenters. The number of H-pyrrole nitrogens is 1. The number of para-hydroxylation sites is 1. The first kappa shape index (κ1) is 21.4. The van der Waals surface area contributed by atoms with Crippen molar-refractivity contribution in [3.8, 4) is 11.3 Å². The number of aromatic amines is 1. The monoisotopic (exact) mass is 472 g/mol. The van der Waals surface area contributed by atoms with Crippen LogP contribution in [0, 0.1) is 0 Å². The van der Waals surface area contributed by atoms with Crippen LogP contribution in [0.15, 0.2) is 102 Å². The van der Waals surface area contributed by atoms with Gasteiger partial charge >= 0.3 is 0 Å². The van der Waals surface area contributed by atoms with Crippen LogP contribution in [0.1, 0.15) is 16.2 Å². The first-order valence-corrected chi connectivity index (χ1v) is 11.4. The van der Waals surface area contributed by atoms with Crippen LogP contribution >= 0.6 is 0 Å². The predicted octanol–water partition coefficient (Wildman–Crippen LogP) is 4.64. The second-order valence-electron chi connectivity index (χ2n) is 8.32. The van der Waals surface area contributed by atoms with Crippen molar-refractivity contribution in [2.75, 3.05) is 5.32 Å². The normalized spacial score (nSPS) is 11.1. The third-order valence-electron chi connectivity index (χ3n) is 6.02. The van der Waals surface area contributed by atoms with Crippen molar-refractivity contribution in [2.24, 2.45) is 0 Å². The summed E-state index contributed by atoms with van der Waals surface area (Å²) in [6.07, 6.45) is 1.74. The van der Waals surface area contributed by atoms with Crippen molar-refractivity contribution in [3.63, 3.8) is 0 Å². The highest BCUT2D eigenvalue weighted by molar-refractivity contribution is 6.11. The molecule has 0 saturated carbocycles. The first-order valence-electron chi connectivity index (χ1n) is 11.4. The molecule has 1 amide bonds. The number of rotatable bonds is 5. The van der Waals surface area contributed by atoms with Gasteiger partial charge in [0.25, 0.3) is 11.5 Å². The van der Waals surface area contributed by atoms with Gasteiger partial charge in [0.05, 0.1) is 28.8 Å². The Bertz CT molecular complexity index is 1770. The quantitative estimate of drug-likeness (QED) is 0.380. The Morgan fingerprint density at radius 2 is 1.56 bits per heavy atom. The van der Waals surface area contributed by atoms with Gasteiger partial charge in [0, 0.05) is 28.2 Å². The molecule has 0 unspecified atom stereocenters. The van der Waals surface area contributed by atoms with Gasteiger partial charge in [0.1, 0.15) is 0 Å². The molecule has 3 heterocycles. The van der Waals surface area contributed by atoms with Gasteiger partial charge in [-0.25, -0.2) is 5.10 Å². The topological polar surface area (TPSA) is 106 Å². The average Bonchev–Trinajstić information content (AvgIpc) is 3.29. The van der Waals surface area contributed by atoms with Crippen LogP contribution in [-0.2, 0) is 6.54 Å². The molecular weight excluding hydrogens is 452 g/mol. The van der Waals surface area contributed by atoms with Crippen LogP contribution < -0.4 is 10.9 Å². The number of anilines is 1. The van der Waals surface area contributed by atoms with Gasteiger partial charge in [-0.2, -0.15) is 10.2 Å². The SMILES string of the molecule is O=C(Nc1ccc(-c2n[nH]c(=O)c3ccccc23)cc1)c1nn(Cc2ccccn2)c2ccccc12. The van der Waals surface area contributed by atoms with Crippen molar-refractivity contribution >= 4 is 33.3 Å². The molecule has 8 heteroatoms. The van der Waals surface area contributed by atoms with Crippen LogP contribution in [0.2, 0.25) is 0 Å². The number of carbonyl (C=O) groups is 1. The van der Waals surface area contributed by atoms with E-state index in [1.807, 2.05) is 84.9 Å². The summed E-state index contributed by atoms with van der Waals surface area (Å²) in [5.41, 5.74) is 3.96. The maximum Gasteiger partial charge on any atom is 0.276 e. The van der Waals surface area contributed by atoms with Crippen LogP contribution in [0.4, 0.5) is 5.69 Å². The molecule has 0 radical (unpaired) electrons. The molecule has 0 bridgehead atoms. The molecule has 0 aliphatic rings. The van der Waals surface area contributed by atoms with Crippen molar-refractivity contribution in [3.05, 3.63) is 119 Å². The number of pyridine rings is 1. The number of carbonyl (C=O) groups excluding carboxylic acids is 1. The lowest BCUT2D eigenvalue weighted by Crippen LogP contribution is -2.14. The van der Waals surface area contributed by atoms with Gasteiger partial charge in [-0.1, -0.05) is 54.6 Å². The van der Waals surface area contributed by atoms with Gasteiger partial charge < -0.3 is 5.32 Å². The van der Waals surface area contributed by atoms with E-state index in [1.165, 1.54) is 0 Å². The summed E-state index contributed by atoms with van der Waals surface area (Å²) in [5.74, 6) is -0.300. The van der Waals surface area contributed by atoms with Crippen LogP contribution in [0.5, 0.6) is 0 Å². The Hall–Kier alpha value is -5.11. The number of amides is 1. The van der Waals surface area contributed by atoms with E-state index in [9.17, 15) is 9.59 Å². The van der Waals surface area contributed by atoms with Crippen molar-refractivity contribution < 1.29 is 4.79 Å². The van der Waals surface area contributed by atoms with Gasteiger partial charge in [0.15, 0.2) is 5.69 Å². The zero-order valence-corrected chi connectivity index (χ0v) is 19.1. The summed E-state index contributed by atoms with van der Waals surface area (Å²) in [6.45, 7) is 0.462. The molecule has 0 fully saturated rings. The van der Waals surface area contributed by atoms with E-state index in [0.29, 0.717) is 29.0 Å². The summed E-state index contributed by atoms with van der Waals surface area (Å²) < 4.78 is 1.79. The number of nitrogens with one attached hydrogen (secondary N) is 2. The van der Waals surface area contributed by atoms with Crippen molar-refractivity contribution in [1.29, 1.82) is 0 Å². The maximum atomic E-state index is 13.2. The third kappa shape index (κ3) is 3.90. The molecule has 6 rings (SSSR count). The molecule has 0 spiro atoms. The highest BCUT2D eigenvalue weighted by Gasteiger charge is 2.18. The number of aromatic nitrogens is 5. The van der Waals surface area contributed by atoms with Crippen molar-refractivity contribution in [1.82, 2.24) is 25.0 Å². The minimum atomic E-state index is -0.300. The lowest BCUT2D eigenvalue weighted by molar-refractivity contribution is 0.102. The minimum Gasteiger partial charge on any atom is -0.321 e. The van der Waals surface area contributed by atoms with Gasteiger partial charge in [-0.15, -0.1) is 0 Å². The van der Waals surface area contributed by atoms with Gasteiger partial charge in [0.2, 0.25) is 0 Å². The van der Waals surface area contributed by atoms with E-state index >= 15 is 0 Å². The molecule has 8 nitrogen and oxygen atoms in total. The molecule has 3 aromatic carbocycles. The largest absolute Gasteiger partial charge is 0.321 e. The molecule has 0 saturated heterocycles. The fourth-order valence-corrected chi connectivity index (χ4v) is 4.30. The number of nitrogens with zero attached hydrogens (tertiary/aromatic N) is 4. The highest BCUT2D eigenvalue weighted by atomic mass is 16.2. The summed E-state index contributed by atoms with van der Waals surface area (Å²) in [4.78, 5) is 29.7. The van der Waals surface area contributed by atoms with Gasteiger partial charge in [-0.3, -0.25) is 19.3 Å². The summed E-state index contributed by atoms with van der Waals surface area (Å²) in [6, 6.07) is 28.0. The number of fused-ring (bicyclic) bond motifs is 2. The molecule has 174 valence electrons. The lowest BCUT2D eigenvalue weighted by Gasteiger charge is -2.07. The van der Waals surface area contributed by atoms with E-state index in [-0.39, 0.29) is 11.5 Å². The second-order valence-corrected chi connectivity index (χ2v) is 8.32. The highest BCUT2D eigenvalue weighted by Crippen LogP contribution is 2.26.